The number of carbonyl (C=O) groups excluding carboxylic acids is 2. The SMILES string of the molecule is CC1=C([C@H](O)CC/C(=C/c2cccc(O)c2)c2ccccc2)[C@H](CO)[C@@H]2C(=O)N(c3ccc(Nc4ccccc4)cc3)C(=O)[C@@H]2C1. The van der Waals surface area contributed by atoms with Crippen molar-refractivity contribution in [2.24, 2.45) is 17.8 Å². The Hall–Kier alpha value is -4.98. The molecule has 234 valence electrons. The molecule has 2 aliphatic rings. The summed E-state index contributed by atoms with van der Waals surface area (Å²) in [4.78, 5) is 28.8. The number of fused-ring (bicyclic) bond motifs is 1. The molecular formula is C39H38N2O5. The Morgan fingerprint density at radius 3 is 2.24 bits per heavy atom. The number of hydrogen-bond acceptors (Lipinski definition) is 6. The highest BCUT2D eigenvalue weighted by Crippen LogP contribution is 2.47. The Labute approximate surface area is 269 Å². The number of aliphatic hydroxyl groups is 2. The van der Waals surface area contributed by atoms with Gasteiger partial charge in [0.2, 0.25) is 11.8 Å². The number of imide groups is 1. The van der Waals surface area contributed by atoms with E-state index in [4.69, 9.17) is 0 Å². The minimum atomic E-state index is -0.908. The molecule has 1 saturated heterocycles. The number of phenols is 1. The molecule has 1 heterocycles. The number of aromatic hydroxyl groups is 1. The van der Waals surface area contributed by atoms with Crippen LogP contribution in [0.3, 0.4) is 0 Å². The van der Waals surface area contributed by atoms with Crippen LogP contribution >= 0.6 is 0 Å². The second-order valence-corrected chi connectivity index (χ2v) is 12.1. The fourth-order valence-corrected chi connectivity index (χ4v) is 6.97. The number of rotatable bonds is 10. The largest absolute Gasteiger partial charge is 0.508 e. The van der Waals surface area contributed by atoms with Crippen LogP contribution in [-0.4, -0.2) is 39.8 Å². The number of para-hydroxylation sites is 1. The lowest BCUT2D eigenvalue weighted by Gasteiger charge is -2.35. The number of nitrogens with zero attached hydrogens (tertiary/aromatic N) is 1. The van der Waals surface area contributed by atoms with E-state index in [0.29, 0.717) is 30.5 Å². The fraction of sp³-hybridized carbons (Fsp3) is 0.231. The number of hydrogen-bond donors (Lipinski definition) is 4. The Kier molecular flexibility index (Phi) is 9.15. The van der Waals surface area contributed by atoms with Gasteiger partial charge in [0.25, 0.3) is 0 Å². The van der Waals surface area contributed by atoms with E-state index in [-0.39, 0.29) is 24.2 Å². The summed E-state index contributed by atoms with van der Waals surface area (Å²) in [7, 11) is 0. The first-order valence-corrected chi connectivity index (χ1v) is 15.7. The van der Waals surface area contributed by atoms with Gasteiger partial charge in [0, 0.05) is 17.3 Å². The van der Waals surface area contributed by atoms with Crippen molar-refractivity contribution in [2.75, 3.05) is 16.8 Å². The van der Waals surface area contributed by atoms with Gasteiger partial charge in [0.05, 0.1) is 30.2 Å². The molecule has 7 heteroatoms. The van der Waals surface area contributed by atoms with E-state index in [1.165, 1.54) is 4.90 Å². The van der Waals surface area contributed by atoms with E-state index < -0.39 is 23.9 Å². The van der Waals surface area contributed by atoms with Gasteiger partial charge >= 0.3 is 0 Å². The molecule has 0 bridgehead atoms. The van der Waals surface area contributed by atoms with Gasteiger partial charge in [0.1, 0.15) is 5.75 Å². The maximum atomic E-state index is 13.9. The standard InChI is InChI=1S/C39H38N2O5/c1-25-21-33-37(39(46)41(38(33)45)31-18-16-30(17-19-31)40-29-12-6-3-7-13-29)34(24-42)36(25)35(44)20-15-28(27-10-4-2-5-11-27)22-26-9-8-14-32(43)23-26/h2-14,16-19,22-23,33-35,37,40,42-44H,15,20-21,24H2,1H3/b28-22-/t33-,34+,35-,37-/m1/s1. The normalized spacial score (nSPS) is 20.5. The summed E-state index contributed by atoms with van der Waals surface area (Å²) in [5, 5.41) is 35.5. The van der Waals surface area contributed by atoms with Gasteiger partial charge < -0.3 is 20.6 Å². The van der Waals surface area contributed by atoms with Crippen molar-refractivity contribution >= 4 is 40.5 Å². The van der Waals surface area contributed by atoms with Crippen molar-refractivity contribution in [2.45, 2.75) is 32.3 Å². The predicted octanol–water partition coefficient (Wildman–Crippen LogP) is 6.95. The Balaban J connectivity index is 1.21. The highest BCUT2D eigenvalue weighted by atomic mass is 16.3. The summed E-state index contributed by atoms with van der Waals surface area (Å²) in [6, 6.07) is 33.8. The van der Waals surface area contributed by atoms with E-state index in [1.807, 2.05) is 91.9 Å². The molecular weight excluding hydrogens is 576 g/mol. The number of amides is 2. The summed E-state index contributed by atoms with van der Waals surface area (Å²) in [6.45, 7) is 1.55. The van der Waals surface area contributed by atoms with Crippen LogP contribution in [0.2, 0.25) is 0 Å². The van der Waals surface area contributed by atoms with Crippen molar-refractivity contribution in [3.63, 3.8) is 0 Å². The number of carbonyl (C=O) groups is 2. The third kappa shape index (κ3) is 6.38. The molecule has 2 amide bonds. The number of anilines is 3. The maximum absolute atomic E-state index is 13.9. The summed E-state index contributed by atoms with van der Waals surface area (Å²) in [6.07, 6.45) is 2.33. The molecule has 1 fully saturated rings. The van der Waals surface area contributed by atoms with Crippen molar-refractivity contribution in [3.05, 3.63) is 131 Å². The molecule has 1 aliphatic heterocycles. The van der Waals surface area contributed by atoms with Crippen LogP contribution in [0.4, 0.5) is 17.1 Å². The highest BCUT2D eigenvalue weighted by Gasteiger charge is 2.54. The minimum Gasteiger partial charge on any atom is -0.508 e. The van der Waals surface area contributed by atoms with Gasteiger partial charge in [-0.2, -0.15) is 0 Å². The van der Waals surface area contributed by atoms with E-state index >= 15 is 0 Å². The number of aliphatic hydroxyl groups excluding tert-OH is 2. The van der Waals surface area contributed by atoms with Gasteiger partial charge in [0.15, 0.2) is 0 Å². The molecule has 46 heavy (non-hydrogen) atoms. The van der Waals surface area contributed by atoms with Gasteiger partial charge in [-0.3, -0.25) is 14.5 Å². The predicted molar refractivity (Wildman–Crippen MR) is 181 cm³/mol. The lowest BCUT2D eigenvalue weighted by Crippen LogP contribution is -2.38. The number of allylic oxidation sites excluding steroid dienone is 2. The van der Waals surface area contributed by atoms with Gasteiger partial charge in [-0.15, -0.1) is 0 Å². The minimum absolute atomic E-state index is 0.175. The van der Waals surface area contributed by atoms with Crippen molar-refractivity contribution in [1.29, 1.82) is 0 Å². The summed E-state index contributed by atoms with van der Waals surface area (Å²) in [5.41, 5.74) is 6.58. The van der Waals surface area contributed by atoms with Crippen molar-refractivity contribution in [1.82, 2.24) is 0 Å². The molecule has 6 rings (SSSR count). The average molecular weight is 615 g/mol. The van der Waals surface area contributed by atoms with E-state index in [9.17, 15) is 24.9 Å². The molecule has 7 nitrogen and oxygen atoms in total. The summed E-state index contributed by atoms with van der Waals surface area (Å²) < 4.78 is 0. The van der Waals surface area contributed by atoms with E-state index in [2.05, 4.69) is 5.32 Å². The Morgan fingerprint density at radius 1 is 0.891 bits per heavy atom. The zero-order chi connectivity index (χ0) is 32.2. The zero-order valence-electron chi connectivity index (χ0n) is 25.7. The molecule has 0 unspecified atom stereocenters. The lowest BCUT2D eigenvalue weighted by molar-refractivity contribution is -0.123. The summed E-state index contributed by atoms with van der Waals surface area (Å²) in [5.74, 6) is -2.44. The topological polar surface area (TPSA) is 110 Å². The first-order chi connectivity index (χ1) is 22.3. The first-order valence-electron chi connectivity index (χ1n) is 15.7. The molecule has 0 aromatic heterocycles. The van der Waals surface area contributed by atoms with Crippen molar-refractivity contribution in [3.8, 4) is 5.75 Å². The van der Waals surface area contributed by atoms with Crippen LogP contribution in [0.25, 0.3) is 11.6 Å². The monoisotopic (exact) mass is 614 g/mol. The van der Waals surface area contributed by atoms with Crippen molar-refractivity contribution < 1.29 is 24.9 Å². The zero-order valence-corrected chi connectivity index (χ0v) is 25.7. The molecule has 0 saturated carbocycles. The van der Waals surface area contributed by atoms with Crippen LogP contribution in [-0.2, 0) is 9.59 Å². The van der Waals surface area contributed by atoms with Gasteiger partial charge in [-0.05, 0) is 97.0 Å². The molecule has 0 spiro atoms. The lowest BCUT2D eigenvalue weighted by atomic mass is 9.68. The summed E-state index contributed by atoms with van der Waals surface area (Å²) >= 11 is 0. The smallest absolute Gasteiger partial charge is 0.238 e. The van der Waals surface area contributed by atoms with Crippen LogP contribution in [0.15, 0.2) is 120 Å². The number of phenolic OH excluding ortho intramolecular Hbond substituents is 1. The molecule has 1 aliphatic carbocycles. The Bertz CT molecular complexity index is 1770. The first kappa shape index (κ1) is 31.0. The van der Waals surface area contributed by atoms with Crippen LogP contribution < -0.4 is 10.2 Å². The quantitative estimate of drug-likeness (QED) is 0.0874. The van der Waals surface area contributed by atoms with Crippen LogP contribution in [0.1, 0.15) is 37.3 Å². The highest BCUT2D eigenvalue weighted by molar-refractivity contribution is 6.22. The maximum Gasteiger partial charge on any atom is 0.238 e. The van der Waals surface area contributed by atoms with E-state index in [0.717, 1.165) is 33.6 Å². The van der Waals surface area contributed by atoms with Crippen LogP contribution in [0, 0.1) is 17.8 Å². The third-order valence-electron chi connectivity index (χ3n) is 9.11. The molecule has 4 atom stereocenters. The number of nitrogens with one attached hydrogen (secondary N) is 1. The molecule has 4 aromatic carbocycles. The van der Waals surface area contributed by atoms with Gasteiger partial charge in [-0.25, -0.2) is 0 Å². The average Bonchev–Trinajstić information content (AvgIpc) is 3.32. The van der Waals surface area contributed by atoms with Crippen LogP contribution in [0.5, 0.6) is 5.75 Å². The fourth-order valence-electron chi connectivity index (χ4n) is 6.97. The second-order valence-electron chi connectivity index (χ2n) is 12.1. The third-order valence-corrected chi connectivity index (χ3v) is 9.11. The molecule has 0 radical (unpaired) electrons. The number of benzene rings is 4. The van der Waals surface area contributed by atoms with E-state index in [1.54, 1.807) is 30.3 Å². The van der Waals surface area contributed by atoms with Gasteiger partial charge in [-0.1, -0.05) is 72.3 Å². The molecule has 4 aromatic rings. The Morgan fingerprint density at radius 2 is 1.57 bits per heavy atom. The molecule has 4 N–H and O–H groups in total. The second kappa shape index (κ2) is 13.6.